The van der Waals surface area contributed by atoms with Crippen LogP contribution in [0.1, 0.15) is 24.2 Å². The Morgan fingerprint density at radius 3 is 2.55 bits per heavy atom. The summed E-state index contributed by atoms with van der Waals surface area (Å²) in [5.74, 6) is -0.397. The van der Waals surface area contributed by atoms with Gasteiger partial charge in [-0.15, -0.1) is 0 Å². The Morgan fingerprint density at radius 2 is 2.00 bits per heavy atom. The molecule has 0 bridgehead atoms. The van der Waals surface area contributed by atoms with Crippen molar-refractivity contribution in [3.8, 4) is 11.1 Å². The zero-order chi connectivity index (χ0) is 16.4. The summed E-state index contributed by atoms with van der Waals surface area (Å²) in [6.45, 7) is 5.52. The molecule has 5 heteroatoms. The number of pyridine rings is 1. The van der Waals surface area contributed by atoms with Crippen molar-refractivity contribution in [3.05, 3.63) is 59.1 Å². The standard InChI is InChI=1S/C17H18ClFN2O/c1-10(21(3)4)12-5-6-13(16(19)7-12)15-9-20-17(18)8-14(15)11(2)22/h5-9,11,22H,1H2,2-4H3. The number of aromatic nitrogens is 1. The second-order valence-electron chi connectivity index (χ2n) is 5.31. The van der Waals surface area contributed by atoms with Crippen LogP contribution in [0, 0.1) is 5.82 Å². The SMILES string of the molecule is C=C(c1ccc(-c2cnc(Cl)cc2C(C)O)c(F)c1)N(C)C. The molecule has 0 saturated carbocycles. The monoisotopic (exact) mass is 320 g/mol. The molecular weight excluding hydrogens is 303 g/mol. The van der Waals surface area contributed by atoms with Crippen LogP contribution in [-0.2, 0) is 0 Å². The van der Waals surface area contributed by atoms with E-state index in [1.165, 1.54) is 12.3 Å². The number of halogens is 2. The number of rotatable bonds is 4. The predicted octanol–water partition coefficient (Wildman–Crippen LogP) is 4.13. The Bertz CT molecular complexity index is 714. The average Bonchev–Trinajstić information content (AvgIpc) is 2.46. The van der Waals surface area contributed by atoms with Crippen molar-refractivity contribution in [2.75, 3.05) is 14.1 Å². The molecular formula is C17H18ClFN2O. The van der Waals surface area contributed by atoms with E-state index in [9.17, 15) is 9.50 Å². The lowest BCUT2D eigenvalue weighted by atomic mass is 9.97. The highest BCUT2D eigenvalue weighted by atomic mass is 35.5. The number of hydrogen-bond acceptors (Lipinski definition) is 3. The molecule has 1 atom stereocenters. The minimum atomic E-state index is -0.772. The molecule has 0 aliphatic rings. The van der Waals surface area contributed by atoms with Gasteiger partial charge in [0.15, 0.2) is 0 Å². The fraction of sp³-hybridized carbons (Fsp3) is 0.235. The zero-order valence-electron chi connectivity index (χ0n) is 12.8. The molecule has 0 radical (unpaired) electrons. The second-order valence-corrected chi connectivity index (χ2v) is 5.69. The maximum absolute atomic E-state index is 14.5. The highest BCUT2D eigenvalue weighted by Crippen LogP contribution is 2.32. The van der Waals surface area contributed by atoms with Gasteiger partial charge in [0.05, 0.1) is 6.10 Å². The van der Waals surface area contributed by atoms with Crippen molar-refractivity contribution in [2.24, 2.45) is 0 Å². The summed E-state index contributed by atoms with van der Waals surface area (Å²) < 4.78 is 14.5. The highest BCUT2D eigenvalue weighted by Gasteiger charge is 2.15. The minimum Gasteiger partial charge on any atom is -0.389 e. The van der Waals surface area contributed by atoms with Gasteiger partial charge in [-0.25, -0.2) is 9.37 Å². The first-order valence-corrected chi connectivity index (χ1v) is 7.19. The van der Waals surface area contributed by atoms with Gasteiger partial charge in [-0.05, 0) is 24.6 Å². The van der Waals surface area contributed by atoms with E-state index in [0.29, 0.717) is 22.3 Å². The molecule has 1 N–H and O–H groups in total. The summed E-state index contributed by atoms with van der Waals surface area (Å²) >= 11 is 5.86. The molecule has 1 unspecified atom stereocenters. The molecule has 0 aliphatic carbocycles. The van der Waals surface area contributed by atoms with E-state index >= 15 is 0 Å². The summed E-state index contributed by atoms with van der Waals surface area (Å²) in [6.07, 6.45) is 0.704. The van der Waals surface area contributed by atoms with Crippen molar-refractivity contribution in [3.63, 3.8) is 0 Å². The lowest BCUT2D eigenvalue weighted by Gasteiger charge is -2.17. The van der Waals surface area contributed by atoms with Crippen molar-refractivity contribution in [2.45, 2.75) is 13.0 Å². The summed E-state index contributed by atoms with van der Waals surface area (Å²) in [4.78, 5) is 5.81. The summed E-state index contributed by atoms with van der Waals surface area (Å²) in [5.41, 5.74) is 2.86. The number of aliphatic hydroxyl groups is 1. The molecule has 0 fully saturated rings. The Kier molecular flexibility index (Phi) is 4.84. The molecule has 3 nitrogen and oxygen atoms in total. The van der Waals surface area contributed by atoms with Crippen LogP contribution in [-0.4, -0.2) is 29.1 Å². The maximum Gasteiger partial charge on any atom is 0.131 e. The number of benzene rings is 1. The maximum atomic E-state index is 14.5. The second kappa shape index (κ2) is 6.46. The van der Waals surface area contributed by atoms with E-state index in [1.54, 1.807) is 25.1 Å². The normalized spacial score (nSPS) is 12.1. The van der Waals surface area contributed by atoms with Gasteiger partial charge < -0.3 is 10.0 Å². The Hall–Kier alpha value is -1.91. The van der Waals surface area contributed by atoms with E-state index in [1.807, 2.05) is 19.0 Å². The molecule has 0 amide bonds. The predicted molar refractivity (Wildman–Crippen MR) is 88.0 cm³/mol. The van der Waals surface area contributed by atoms with Crippen LogP contribution in [0.15, 0.2) is 37.0 Å². The zero-order valence-corrected chi connectivity index (χ0v) is 13.5. The van der Waals surface area contributed by atoms with Crippen LogP contribution in [0.5, 0.6) is 0 Å². The van der Waals surface area contributed by atoms with E-state index in [-0.39, 0.29) is 5.15 Å². The van der Waals surface area contributed by atoms with Gasteiger partial charge in [0.25, 0.3) is 0 Å². The molecule has 22 heavy (non-hydrogen) atoms. The van der Waals surface area contributed by atoms with Crippen molar-refractivity contribution in [1.29, 1.82) is 0 Å². The van der Waals surface area contributed by atoms with E-state index in [2.05, 4.69) is 11.6 Å². The van der Waals surface area contributed by atoms with Crippen LogP contribution in [0.3, 0.4) is 0 Å². The highest BCUT2D eigenvalue weighted by molar-refractivity contribution is 6.29. The van der Waals surface area contributed by atoms with Gasteiger partial charge in [0.1, 0.15) is 11.0 Å². The van der Waals surface area contributed by atoms with E-state index in [4.69, 9.17) is 11.6 Å². The van der Waals surface area contributed by atoms with Crippen LogP contribution >= 0.6 is 11.6 Å². The van der Waals surface area contributed by atoms with Gasteiger partial charge in [-0.1, -0.05) is 30.3 Å². The Balaban J connectivity index is 2.53. The molecule has 0 aliphatic heterocycles. The summed E-state index contributed by atoms with van der Waals surface area (Å²) in [5, 5.41) is 10.1. The summed E-state index contributed by atoms with van der Waals surface area (Å²) in [6, 6.07) is 6.43. The van der Waals surface area contributed by atoms with Gasteiger partial charge in [0, 0.05) is 42.7 Å². The quantitative estimate of drug-likeness (QED) is 0.861. The summed E-state index contributed by atoms with van der Waals surface area (Å²) in [7, 11) is 3.70. The third-order valence-electron chi connectivity index (χ3n) is 3.48. The third kappa shape index (κ3) is 3.29. The Labute approximate surface area is 134 Å². The van der Waals surface area contributed by atoms with Crippen LogP contribution < -0.4 is 0 Å². The Morgan fingerprint density at radius 1 is 1.32 bits per heavy atom. The van der Waals surface area contributed by atoms with Crippen LogP contribution in [0.4, 0.5) is 4.39 Å². The first-order chi connectivity index (χ1) is 10.3. The fourth-order valence-corrected chi connectivity index (χ4v) is 2.35. The first-order valence-electron chi connectivity index (χ1n) is 6.81. The van der Waals surface area contributed by atoms with E-state index in [0.717, 1.165) is 5.70 Å². The molecule has 116 valence electrons. The van der Waals surface area contributed by atoms with Gasteiger partial charge in [-0.2, -0.15) is 0 Å². The van der Waals surface area contributed by atoms with Gasteiger partial charge in [0.2, 0.25) is 0 Å². The van der Waals surface area contributed by atoms with Crippen molar-refractivity contribution in [1.82, 2.24) is 9.88 Å². The minimum absolute atomic E-state index is 0.262. The molecule has 1 heterocycles. The lowest BCUT2D eigenvalue weighted by Crippen LogP contribution is -2.09. The molecule has 0 spiro atoms. The van der Waals surface area contributed by atoms with E-state index < -0.39 is 11.9 Å². The van der Waals surface area contributed by atoms with Crippen LogP contribution in [0.25, 0.3) is 16.8 Å². The first kappa shape index (κ1) is 16.5. The fourth-order valence-electron chi connectivity index (χ4n) is 2.19. The smallest absolute Gasteiger partial charge is 0.131 e. The molecule has 1 aromatic heterocycles. The lowest BCUT2D eigenvalue weighted by molar-refractivity contribution is 0.200. The van der Waals surface area contributed by atoms with Crippen LogP contribution in [0.2, 0.25) is 5.15 Å². The molecule has 0 saturated heterocycles. The van der Waals surface area contributed by atoms with Gasteiger partial charge in [-0.3, -0.25) is 0 Å². The van der Waals surface area contributed by atoms with Crippen molar-refractivity contribution >= 4 is 17.3 Å². The number of hydrogen-bond donors (Lipinski definition) is 1. The molecule has 2 aromatic rings. The van der Waals surface area contributed by atoms with Crippen molar-refractivity contribution < 1.29 is 9.50 Å². The number of aliphatic hydroxyl groups excluding tert-OH is 1. The van der Waals surface area contributed by atoms with Gasteiger partial charge >= 0.3 is 0 Å². The number of nitrogens with zero attached hydrogens (tertiary/aromatic N) is 2. The molecule has 1 aromatic carbocycles. The average molecular weight is 321 g/mol. The molecule has 2 rings (SSSR count). The largest absolute Gasteiger partial charge is 0.389 e. The third-order valence-corrected chi connectivity index (χ3v) is 3.69. The topological polar surface area (TPSA) is 36.4 Å².